The van der Waals surface area contributed by atoms with Crippen LogP contribution < -0.4 is 10.5 Å². The number of rotatable bonds is 6. The van der Waals surface area contributed by atoms with Gasteiger partial charge >= 0.3 is 5.97 Å². The Hall–Kier alpha value is -2.01. The minimum atomic E-state index is -1.07. The highest BCUT2D eigenvalue weighted by molar-refractivity contribution is 6.32. The molecular weight excluding hydrogens is 258 g/mol. The Morgan fingerprint density at radius 2 is 2.17 bits per heavy atom. The van der Waals surface area contributed by atoms with Crippen LogP contribution in [0, 0.1) is 0 Å². The van der Waals surface area contributed by atoms with E-state index in [1.54, 1.807) is 18.2 Å². The first-order valence-corrected chi connectivity index (χ1v) is 5.49. The third kappa shape index (κ3) is 4.47. The van der Waals surface area contributed by atoms with Gasteiger partial charge in [0.2, 0.25) is 5.91 Å². The van der Waals surface area contributed by atoms with Crippen LogP contribution in [0.5, 0.6) is 5.75 Å². The molecule has 1 amide bonds. The van der Waals surface area contributed by atoms with E-state index in [9.17, 15) is 9.59 Å². The smallest absolute Gasteiger partial charge is 0.328 e. The van der Waals surface area contributed by atoms with Crippen molar-refractivity contribution in [3.8, 4) is 5.75 Å². The standard InChI is InChI=1S/C12H12ClNO4/c13-9-3-1-2-8(4-5-11(16)17)12(9)18-7-6-10(14)15/h1-5H,6-7H2,(H2,14,15)(H,16,17)/b5-4+. The van der Waals surface area contributed by atoms with E-state index in [0.29, 0.717) is 16.3 Å². The fourth-order valence-corrected chi connectivity index (χ4v) is 1.46. The molecule has 3 N–H and O–H groups in total. The van der Waals surface area contributed by atoms with Crippen LogP contribution in [0.2, 0.25) is 5.02 Å². The normalized spacial score (nSPS) is 10.5. The molecule has 18 heavy (non-hydrogen) atoms. The van der Waals surface area contributed by atoms with Crippen LogP contribution in [0.1, 0.15) is 12.0 Å². The lowest BCUT2D eigenvalue weighted by molar-refractivity contribution is -0.131. The maximum Gasteiger partial charge on any atom is 0.328 e. The first kappa shape index (κ1) is 14.1. The van der Waals surface area contributed by atoms with E-state index in [1.807, 2.05) is 0 Å². The van der Waals surface area contributed by atoms with E-state index in [-0.39, 0.29) is 13.0 Å². The summed E-state index contributed by atoms with van der Waals surface area (Å²) in [5.41, 5.74) is 5.51. The monoisotopic (exact) mass is 269 g/mol. The highest BCUT2D eigenvalue weighted by Gasteiger charge is 2.07. The van der Waals surface area contributed by atoms with Crippen molar-refractivity contribution in [3.05, 3.63) is 34.9 Å². The Kier molecular flexibility index (Phi) is 5.20. The molecule has 0 atom stereocenters. The van der Waals surface area contributed by atoms with Crippen molar-refractivity contribution in [2.24, 2.45) is 5.73 Å². The second-order valence-electron chi connectivity index (χ2n) is 3.39. The average Bonchev–Trinajstić information content (AvgIpc) is 2.28. The van der Waals surface area contributed by atoms with Crippen LogP contribution in [-0.4, -0.2) is 23.6 Å². The Morgan fingerprint density at radius 1 is 1.44 bits per heavy atom. The Bertz CT molecular complexity index is 485. The average molecular weight is 270 g/mol. The molecule has 0 bridgehead atoms. The number of hydrogen-bond acceptors (Lipinski definition) is 3. The molecule has 0 radical (unpaired) electrons. The zero-order valence-electron chi connectivity index (χ0n) is 9.43. The third-order valence-corrected chi connectivity index (χ3v) is 2.30. The molecule has 0 aliphatic carbocycles. The van der Waals surface area contributed by atoms with E-state index in [1.165, 1.54) is 6.08 Å². The minimum absolute atomic E-state index is 0.0628. The summed E-state index contributed by atoms with van der Waals surface area (Å²) < 4.78 is 5.33. The first-order chi connectivity index (χ1) is 8.50. The number of ether oxygens (including phenoxy) is 1. The quantitative estimate of drug-likeness (QED) is 0.769. The lowest BCUT2D eigenvalue weighted by atomic mass is 10.2. The molecule has 0 spiro atoms. The minimum Gasteiger partial charge on any atom is -0.491 e. The molecule has 1 aromatic rings. The molecule has 96 valence electrons. The molecule has 0 saturated carbocycles. The number of carboxylic acids is 1. The van der Waals surface area contributed by atoms with Gasteiger partial charge in [-0.05, 0) is 12.1 Å². The number of benzene rings is 1. The van der Waals surface area contributed by atoms with E-state index < -0.39 is 11.9 Å². The van der Waals surface area contributed by atoms with Gasteiger partial charge in [-0.15, -0.1) is 0 Å². The molecule has 0 aliphatic rings. The predicted molar refractivity (Wildman–Crippen MR) is 67.4 cm³/mol. The van der Waals surface area contributed by atoms with Crippen LogP contribution in [0.15, 0.2) is 24.3 Å². The molecule has 0 unspecified atom stereocenters. The number of carboxylic acid groups (broad SMARTS) is 1. The number of aliphatic carboxylic acids is 1. The molecule has 0 heterocycles. The molecule has 1 rings (SSSR count). The van der Waals surface area contributed by atoms with Gasteiger partial charge in [-0.3, -0.25) is 4.79 Å². The summed E-state index contributed by atoms with van der Waals surface area (Å²) in [5, 5.41) is 8.90. The fourth-order valence-electron chi connectivity index (χ4n) is 1.22. The van der Waals surface area contributed by atoms with Crippen molar-refractivity contribution in [2.45, 2.75) is 6.42 Å². The predicted octanol–water partition coefficient (Wildman–Crippen LogP) is 1.69. The molecule has 0 fully saturated rings. The Balaban J connectivity index is 2.86. The summed E-state index contributed by atoms with van der Waals surface area (Å²) in [4.78, 5) is 21.0. The van der Waals surface area contributed by atoms with Gasteiger partial charge in [0.25, 0.3) is 0 Å². The van der Waals surface area contributed by atoms with E-state index in [0.717, 1.165) is 6.08 Å². The molecule has 0 aliphatic heterocycles. The number of nitrogens with two attached hydrogens (primary N) is 1. The SMILES string of the molecule is NC(=O)CCOc1c(Cl)cccc1/C=C/C(=O)O. The highest BCUT2D eigenvalue weighted by atomic mass is 35.5. The van der Waals surface area contributed by atoms with Crippen molar-refractivity contribution in [1.29, 1.82) is 0 Å². The van der Waals surface area contributed by atoms with Gasteiger partial charge in [-0.1, -0.05) is 23.7 Å². The van der Waals surface area contributed by atoms with Crippen molar-refractivity contribution >= 4 is 29.6 Å². The lowest BCUT2D eigenvalue weighted by Gasteiger charge is -2.10. The van der Waals surface area contributed by atoms with Gasteiger partial charge in [-0.2, -0.15) is 0 Å². The van der Waals surface area contributed by atoms with Crippen molar-refractivity contribution in [2.75, 3.05) is 6.61 Å². The van der Waals surface area contributed by atoms with Crippen molar-refractivity contribution in [3.63, 3.8) is 0 Å². The molecule has 6 heteroatoms. The number of primary amides is 1. The maximum absolute atomic E-state index is 10.6. The van der Waals surface area contributed by atoms with Gasteiger partial charge < -0.3 is 15.6 Å². The van der Waals surface area contributed by atoms with Crippen molar-refractivity contribution in [1.82, 2.24) is 0 Å². The molecule has 5 nitrogen and oxygen atoms in total. The Morgan fingerprint density at radius 3 is 2.78 bits per heavy atom. The summed E-state index contributed by atoms with van der Waals surface area (Å²) in [6.45, 7) is 0.0903. The number of halogens is 1. The van der Waals surface area contributed by atoms with Gasteiger partial charge in [0.05, 0.1) is 18.1 Å². The number of hydrogen-bond donors (Lipinski definition) is 2. The van der Waals surface area contributed by atoms with E-state index in [2.05, 4.69) is 0 Å². The summed E-state index contributed by atoms with van der Waals surface area (Å²) in [7, 11) is 0. The van der Waals surface area contributed by atoms with E-state index in [4.69, 9.17) is 27.2 Å². The zero-order valence-corrected chi connectivity index (χ0v) is 10.2. The first-order valence-electron chi connectivity index (χ1n) is 5.11. The Labute approximate surface area is 109 Å². The topological polar surface area (TPSA) is 89.6 Å². The second kappa shape index (κ2) is 6.66. The lowest BCUT2D eigenvalue weighted by Crippen LogP contribution is -2.14. The number of para-hydroxylation sites is 1. The zero-order chi connectivity index (χ0) is 13.5. The van der Waals surface area contributed by atoms with Gasteiger partial charge in [0.1, 0.15) is 5.75 Å². The van der Waals surface area contributed by atoms with Gasteiger partial charge in [0, 0.05) is 11.6 Å². The number of amides is 1. The third-order valence-electron chi connectivity index (χ3n) is 2.00. The second-order valence-corrected chi connectivity index (χ2v) is 3.80. The van der Waals surface area contributed by atoms with Crippen LogP contribution in [-0.2, 0) is 9.59 Å². The largest absolute Gasteiger partial charge is 0.491 e. The molecule has 0 aromatic heterocycles. The number of carbonyl (C=O) groups is 2. The number of carbonyl (C=O) groups excluding carboxylic acids is 1. The van der Waals surface area contributed by atoms with Crippen LogP contribution in [0.25, 0.3) is 6.08 Å². The van der Waals surface area contributed by atoms with Gasteiger partial charge in [-0.25, -0.2) is 4.79 Å². The van der Waals surface area contributed by atoms with Crippen LogP contribution in [0.3, 0.4) is 0 Å². The molecular formula is C12H12ClNO4. The van der Waals surface area contributed by atoms with Crippen molar-refractivity contribution < 1.29 is 19.4 Å². The summed E-state index contributed by atoms with van der Waals surface area (Å²) in [6, 6.07) is 4.94. The van der Waals surface area contributed by atoms with E-state index >= 15 is 0 Å². The summed E-state index contributed by atoms with van der Waals surface area (Å²) in [5.74, 6) is -1.22. The van der Waals surface area contributed by atoms with Crippen LogP contribution in [0.4, 0.5) is 0 Å². The summed E-state index contributed by atoms with van der Waals surface area (Å²) in [6.07, 6.45) is 2.41. The van der Waals surface area contributed by atoms with Crippen LogP contribution >= 0.6 is 11.6 Å². The fraction of sp³-hybridized carbons (Fsp3) is 0.167. The van der Waals surface area contributed by atoms with Gasteiger partial charge in [0.15, 0.2) is 0 Å². The summed E-state index contributed by atoms with van der Waals surface area (Å²) >= 11 is 5.94. The molecule has 0 saturated heterocycles. The molecule has 1 aromatic carbocycles. The maximum atomic E-state index is 10.6. The highest BCUT2D eigenvalue weighted by Crippen LogP contribution is 2.29.